The molecule has 2 aromatic carbocycles. The van der Waals surface area contributed by atoms with E-state index in [0.29, 0.717) is 13.2 Å². The van der Waals surface area contributed by atoms with Crippen LogP contribution in [0.15, 0.2) is 53.0 Å². The van der Waals surface area contributed by atoms with Crippen LogP contribution in [0, 0.1) is 0 Å². The number of methoxy groups -OCH3 is 1. The zero-order valence-electron chi connectivity index (χ0n) is 14.6. The Morgan fingerprint density at radius 2 is 1.92 bits per heavy atom. The Balaban J connectivity index is 1.71. The normalized spacial score (nSPS) is 14.5. The zero-order valence-corrected chi connectivity index (χ0v) is 16.2. The van der Waals surface area contributed by atoms with Gasteiger partial charge in [-0.2, -0.15) is 0 Å². The Bertz CT molecular complexity index is 784. The number of anilines is 2. The van der Waals surface area contributed by atoms with Gasteiger partial charge in [-0.1, -0.05) is 28.1 Å². The van der Waals surface area contributed by atoms with Gasteiger partial charge in [-0.05, 0) is 42.0 Å². The average molecular weight is 417 g/mol. The van der Waals surface area contributed by atoms with Crippen LogP contribution in [0.4, 0.5) is 11.4 Å². The maximum atomic E-state index is 12.4. The van der Waals surface area contributed by atoms with Crippen molar-refractivity contribution < 1.29 is 14.3 Å². The molecule has 26 heavy (non-hydrogen) atoms. The molecule has 0 saturated carbocycles. The number of amides is 1. The number of carbonyl (C=O) groups is 1. The van der Waals surface area contributed by atoms with Crippen molar-refractivity contribution in [2.45, 2.75) is 0 Å². The highest BCUT2D eigenvalue weighted by atomic mass is 79.9. The monoisotopic (exact) mass is 416 g/mol. The molecule has 1 amide bonds. The predicted molar refractivity (Wildman–Crippen MR) is 108 cm³/mol. The third kappa shape index (κ3) is 4.86. The van der Waals surface area contributed by atoms with Crippen LogP contribution in [0.5, 0.6) is 5.75 Å². The van der Waals surface area contributed by atoms with Gasteiger partial charge in [-0.3, -0.25) is 4.79 Å². The van der Waals surface area contributed by atoms with Crippen LogP contribution < -0.4 is 15.0 Å². The van der Waals surface area contributed by atoms with Gasteiger partial charge in [0, 0.05) is 23.6 Å². The van der Waals surface area contributed by atoms with E-state index in [2.05, 4.69) is 26.1 Å². The van der Waals surface area contributed by atoms with E-state index in [1.807, 2.05) is 42.5 Å². The largest absolute Gasteiger partial charge is 0.497 e. The van der Waals surface area contributed by atoms with Crippen molar-refractivity contribution in [2.75, 3.05) is 43.6 Å². The maximum Gasteiger partial charge on any atom is 0.248 e. The summed E-state index contributed by atoms with van der Waals surface area (Å²) in [5.74, 6) is 0.615. The van der Waals surface area contributed by atoms with Gasteiger partial charge in [0.05, 0.1) is 31.7 Å². The molecule has 1 N–H and O–H groups in total. The summed E-state index contributed by atoms with van der Waals surface area (Å²) in [4.78, 5) is 14.6. The van der Waals surface area contributed by atoms with E-state index < -0.39 is 0 Å². The van der Waals surface area contributed by atoms with E-state index in [9.17, 15) is 4.79 Å². The van der Waals surface area contributed by atoms with Gasteiger partial charge < -0.3 is 19.7 Å². The molecule has 136 valence electrons. The molecular formula is C20H21BrN2O3. The molecule has 3 rings (SSSR count). The summed E-state index contributed by atoms with van der Waals surface area (Å²) in [6.45, 7) is 3.01. The number of nitrogens with zero attached hydrogens (tertiary/aromatic N) is 1. The van der Waals surface area contributed by atoms with Crippen LogP contribution in [0.1, 0.15) is 5.56 Å². The van der Waals surface area contributed by atoms with Crippen molar-refractivity contribution in [3.05, 3.63) is 58.6 Å². The maximum absolute atomic E-state index is 12.4. The highest BCUT2D eigenvalue weighted by molar-refractivity contribution is 9.10. The first-order valence-electron chi connectivity index (χ1n) is 8.41. The van der Waals surface area contributed by atoms with Crippen molar-refractivity contribution in [1.29, 1.82) is 0 Å². The van der Waals surface area contributed by atoms with Crippen molar-refractivity contribution in [1.82, 2.24) is 0 Å². The number of carbonyl (C=O) groups excluding carboxylic acids is 1. The lowest BCUT2D eigenvalue weighted by Gasteiger charge is -2.30. The van der Waals surface area contributed by atoms with Gasteiger partial charge in [-0.25, -0.2) is 0 Å². The molecule has 1 saturated heterocycles. The van der Waals surface area contributed by atoms with Gasteiger partial charge in [0.25, 0.3) is 0 Å². The summed E-state index contributed by atoms with van der Waals surface area (Å²) in [5.41, 5.74) is 2.72. The second-order valence-corrected chi connectivity index (χ2v) is 6.77. The molecule has 2 aromatic rings. The molecule has 1 heterocycles. The molecule has 1 fully saturated rings. The quantitative estimate of drug-likeness (QED) is 0.749. The third-order valence-electron chi connectivity index (χ3n) is 4.11. The van der Waals surface area contributed by atoms with Gasteiger partial charge >= 0.3 is 0 Å². The first-order chi connectivity index (χ1) is 12.7. The molecule has 0 aromatic heterocycles. The summed E-state index contributed by atoms with van der Waals surface area (Å²) in [6.07, 6.45) is 3.31. The summed E-state index contributed by atoms with van der Waals surface area (Å²) in [5, 5.41) is 2.98. The predicted octanol–water partition coefficient (Wildman–Crippen LogP) is 3.95. The molecule has 1 aliphatic heterocycles. The highest BCUT2D eigenvalue weighted by Crippen LogP contribution is 2.30. The van der Waals surface area contributed by atoms with Crippen molar-refractivity contribution in [2.24, 2.45) is 0 Å². The van der Waals surface area contributed by atoms with Crippen LogP contribution in [0.2, 0.25) is 0 Å². The molecule has 5 nitrogen and oxygen atoms in total. The van der Waals surface area contributed by atoms with Gasteiger partial charge in [0.1, 0.15) is 5.75 Å². The lowest BCUT2D eigenvalue weighted by Crippen LogP contribution is -2.36. The van der Waals surface area contributed by atoms with Crippen LogP contribution in [0.25, 0.3) is 6.08 Å². The minimum absolute atomic E-state index is 0.173. The molecule has 0 unspecified atom stereocenters. The molecule has 0 atom stereocenters. The SMILES string of the molecule is COc1ccc(/C=C/C(=O)Nc2cc(Br)ccc2N2CCOCC2)cc1. The zero-order chi connectivity index (χ0) is 18.4. The Morgan fingerprint density at radius 1 is 1.19 bits per heavy atom. The third-order valence-corrected chi connectivity index (χ3v) is 4.60. The Morgan fingerprint density at radius 3 is 2.62 bits per heavy atom. The van der Waals surface area contributed by atoms with E-state index in [1.165, 1.54) is 6.08 Å². The van der Waals surface area contributed by atoms with Gasteiger partial charge in [0.2, 0.25) is 5.91 Å². The van der Waals surface area contributed by atoms with Gasteiger partial charge in [-0.15, -0.1) is 0 Å². The van der Waals surface area contributed by atoms with Crippen molar-refractivity contribution in [3.63, 3.8) is 0 Å². The van der Waals surface area contributed by atoms with Crippen LogP contribution in [-0.4, -0.2) is 39.3 Å². The second-order valence-electron chi connectivity index (χ2n) is 5.86. The summed E-state index contributed by atoms with van der Waals surface area (Å²) in [7, 11) is 1.63. The number of halogens is 1. The summed E-state index contributed by atoms with van der Waals surface area (Å²) >= 11 is 3.48. The first-order valence-corrected chi connectivity index (χ1v) is 9.20. The Kier molecular flexibility index (Phi) is 6.30. The molecule has 0 spiro atoms. The Labute approximate surface area is 161 Å². The van der Waals surface area contributed by atoms with Crippen molar-refractivity contribution in [3.8, 4) is 5.75 Å². The number of benzene rings is 2. The second kappa shape index (κ2) is 8.87. The fourth-order valence-corrected chi connectivity index (χ4v) is 3.11. The number of nitrogens with one attached hydrogen (secondary N) is 1. The fourth-order valence-electron chi connectivity index (χ4n) is 2.75. The Hall–Kier alpha value is -2.31. The first kappa shape index (κ1) is 18.5. The molecule has 0 bridgehead atoms. The van der Waals surface area contributed by atoms with Crippen LogP contribution in [-0.2, 0) is 9.53 Å². The average Bonchev–Trinajstić information content (AvgIpc) is 2.67. The molecule has 1 aliphatic rings. The van der Waals surface area contributed by atoms with E-state index in [0.717, 1.165) is 40.2 Å². The number of hydrogen-bond acceptors (Lipinski definition) is 4. The van der Waals surface area contributed by atoms with E-state index in [-0.39, 0.29) is 5.91 Å². The summed E-state index contributed by atoms with van der Waals surface area (Å²) < 4.78 is 11.5. The number of hydrogen-bond donors (Lipinski definition) is 1. The highest BCUT2D eigenvalue weighted by Gasteiger charge is 2.16. The minimum Gasteiger partial charge on any atom is -0.497 e. The molecule has 6 heteroatoms. The summed E-state index contributed by atoms with van der Waals surface area (Å²) in [6, 6.07) is 13.4. The lowest BCUT2D eigenvalue weighted by molar-refractivity contribution is -0.111. The van der Waals surface area contributed by atoms with E-state index in [1.54, 1.807) is 13.2 Å². The molecule has 0 radical (unpaired) electrons. The number of morpholine rings is 1. The van der Waals surface area contributed by atoms with Crippen molar-refractivity contribution >= 4 is 39.3 Å². The van der Waals surface area contributed by atoms with E-state index >= 15 is 0 Å². The van der Waals surface area contributed by atoms with E-state index in [4.69, 9.17) is 9.47 Å². The topological polar surface area (TPSA) is 50.8 Å². The van der Waals surface area contributed by atoms with Crippen LogP contribution in [0.3, 0.4) is 0 Å². The standard InChI is InChI=1S/C20H21BrN2O3/c1-25-17-6-2-15(3-7-17)4-9-20(24)22-18-14-16(21)5-8-19(18)23-10-12-26-13-11-23/h2-9,14H,10-13H2,1H3,(H,22,24)/b9-4+. The molecule has 0 aliphatic carbocycles. The lowest BCUT2D eigenvalue weighted by atomic mass is 10.2. The molecular weight excluding hydrogens is 396 g/mol. The van der Waals surface area contributed by atoms with Crippen LogP contribution >= 0.6 is 15.9 Å². The number of ether oxygens (including phenoxy) is 2. The smallest absolute Gasteiger partial charge is 0.248 e. The van der Waals surface area contributed by atoms with Gasteiger partial charge in [0.15, 0.2) is 0 Å². The number of rotatable bonds is 5. The minimum atomic E-state index is -0.173. The fraction of sp³-hybridized carbons (Fsp3) is 0.250.